The molecule has 1 unspecified atom stereocenters. The molecule has 4 heteroatoms. The Morgan fingerprint density at radius 1 is 1.21 bits per heavy atom. The average Bonchev–Trinajstić information content (AvgIpc) is 2.58. The highest BCUT2D eigenvalue weighted by atomic mass is 16.2. The highest BCUT2D eigenvalue weighted by molar-refractivity contribution is 6.04. The van der Waals surface area contributed by atoms with E-state index in [4.69, 9.17) is 0 Å². The lowest BCUT2D eigenvalue weighted by atomic mass is 9.93. The minimum absolute atomic E-state index is 0.127. The van der Waals surface area contributed by atoms with Crippen LogP contribution >= 0.6 is 0 Å². The molecule has 1 N–H and O–H groups in total. The molecule has 0 aromatic heterocycles. The molecule has 1 fully saturated rings. The molecular formula is C20H26N2O2. The number of Topliss-reactive ketones (excluding diaryl/α,β-unsaturated/α-hetero) is 1. The highest BCUT2D eigenvalue weighted by Crippen LogP contribution is 2.18. The summed E-state index contributed by atoms with van der Waals surface area (Å²) in [6.07, 6.45) is 7.03. The van der Waals surface area contributed by atoms with E-state index in [1.165, 1.54) is 17.5 Å². The van der Waals surface area contributed by atoms with Crippen molar-refractivity contribution in [1.82, 2.24) is 5.32 Å². The molecule has 0 heterocycles. The maximum Gasteiger partial charge on any atom is 0.245 e. The van der Waals surface area contributed by atoms with E-state index in [9.17, 15) is 14.9 Å². The Hall–Kier alpha value is -2.15. The first kappa shape index (κ1) is 18.2. The van der Waals surface area contributed by atoms with Gasteiger partial charge in [0.15, 0.2) is 11.7 Å². The van der Waals surface area contributed by atoms with Crippen LogP contribution in [-0.4, -0.2) is 17.7 Å². The van der Waals surface area contributed by atoms with Crippen LogP contribution in [-0.2, 0) is 16.0 Å². The number of hydrogen-bond acceptors (Lipinski definition) is 3. The molecule has 128 valence electrons. The monoisotopic (exact) mass is 326 g/mol. The van der Waals surface area contributed by atoms with Gasteiger partial charge in [0.2, 0.25) is 5.91 Å². The van der Waals surface area contributed by atoms with Crippen LogP contribution < -0.4 is 5.32 Å². The zero-order valence-electron chi connectivity index (χ0n) is 14.4. The van der Waals surface area contributed by atoms with Crippen molar-refractivity contribution in [3.8, 4) is 6.07 Å². The number of hydrogen-bond donors (Lipinski definition) is 1. The van der Waals surface area contributed by atoms with E-state index in [1.807, 2.05) is 25.1 Å². The van der Waals surface area contributed by atoms with E-state index in [2.05, 4.69) is 17.4 Å². The van der Waals surface area contributed by atoms with Gasteiger partial charge in [-0.2, -0.15) is 5.26 Å². The van der Waals surface area contributed by atoms with Gasteiger partial charge < -0.3 is 5.32 Å². The number of carbonyl (C=O) groups is 2. The normalized spacial score (nSPS) is 16.2. The summed E-state index contributed by atoms with van der Waals surface area (Å²) in [5, 5.41) is 12.1. The van der Waals surface area contributed by atoms with Crippen molar-refractivity contribution in [2.45, 2.75) is 64.3 Å². The lowest BCUT2D eigenvalue weighted by molar-refractivity contribution is -0.132. The molecule has 0 bridgehead atoms. The maximum atomic E-state index is 12.2. The van der Waals surface area contributed by atoms with Crippen LogP contribution in [0.15, 0.2) is 24.3 Å². The van der Waals surface area contributed by atoms with E-state index < -0.39 is 11.8 Å². The van der Waals surface area contributed by atoms with Gasteiger partial charge in [0.25, 0.3) is 0 Å². The zero-order valence-corrected chi connectivity index (χ0v) is 14.4. The fourth-order valence-electron chi connectivity index (χ4n) is 3.17. The van der Waals surface area contributed by atoms with Crippen molar-refractivity contribution in [1.29, 1.82) is 5.26 Å². The topological polar surface area (TPSA) is 70.0 Å². The summed E-state index contributed by atoms with van der Waals surface area (Å²) in [6.45, 7) is 2.04. The van der Waals surface area contributed by atoms with Crippen LogP contribution in [0.1, 0.15) is 56.1 Å². The molecule has 24 heavy (non-hydrogen) atoms. The second-order valence-corrected chi connectivity index (χ2v) is 6.71. The number of nitriles is 1. The molecule has 1 aliphatic carbocycles. The molecule has 2 rings (SSSR count). The molecular weight excluding hydrogens is 300 g/mol. The van der Waals surface area contributed by atoms with Crippen LogP contribution in [0.4, 0.5) is 0 Å². The largest absolute Gasteiger partial charge is 0.352 e. The Morgan fingerprint density at radius 2 is 1.88 bits per heavy atom. The van der Waals surface area contributed by atoms with Gasteiger partial charge in [0.1, 0.15) is 0 Å². The molecule has 0 saturated heterocycles. The minimum atomic E-state index is -1.16. The maximum absolute atomic E-state index is 12.2. The first-order valence-electron chi connectivity index (χ1n) is 8.88. The molecule has 1 amide bonds. The molecule has 1 atom stereocenters. The third-order valence-corrected chi connectivity index (χ3v) is 4.67. The molecule has 4 nitrogen and oxygen atoms in total. The lowest BCUT2D eigenvalue weighted by Crippen LogP contribution is -2.42. The van der Waals surface area contributed by atoms with Gasteiger partial charge in [0.05, 0.1) is 6.07 Å². The predicted molar refractivity (Wildman–Crippen MR) is 93.2 cm³/mol. The van der Waals surface area contributed by atoms with Crippen molar-refractivity contribution < 1.29 is 9.59 Å². The van der Waals surface area contributed by atoms with Crippen LogP contribution in [0.2, 0.25) is 0 Å². The number of aryl methyl sites for hydroxylation is 2. The van der Waals surface area contributed by atoms with Gasteiger partial charge in [-0.1, -0.05) is 49.1 Å². The van der Waals surface area contributed by atoms with Gasteiger partial charge in [-0.25, -0.2) is 0 Å². The minimum Gasteiger partial charge on any atom is -0.352 e. The Kier molecular flexibility index (Phi) is 6.99. The van der Waals surface area contributed by atoms with Gasteiger partial charge in [-0.05, 0) is 38.2 Å². The number of rotatable bonds is 7. The standard InChI is InChI=1S/C20H26N2O2/c1-15-10-12-16(13-11-15)6-5-9-19(23)18(14-21)20(24)22-17-7-3-2-4-8-17/h10-13,17-18H,2-9H2,1H3,(H,22,24). The van der Waals surface area contributed by atoms with Crippen molar-refractivity contribution in [3.63, 3.8) is 0 Å². The average molecular weight is 326 g/mol. The van der Waals surface area contributed by atoms with Crippen molar-refractivity contribution in [2.75, 3.05) is 0 Å². The van der Waals surface area contributed by atoms with Gasteiger partial charge >= 0.3 is 0 Å². The SMILES string of the molecule is Cc1ccc(CCCC(=O)C(C#N)C(=O)NC2CCCCC2)cc1. The van der Waals surface area contributed by atoms with E-state index >= 15 is 0 Å². The Morgan fingerprint density at radius 3 is 2.50 bits per heavy atom. The second kappa shape index (κ2) is 9.22. The summed E-state index contributed by atoms with van der Waals surface area (Å²) in [4.78, 5) is 24.4. The van der Waals surface area contributed by atoms with Crippen molar-refractivity contribution >= 4 is 11.7 Å². The summed E-state index contributed by atoms with van der Waals surface area (Å²) in [7, 11) is 0. The number of nitrogens with one attached hydrogen (secondary N) is 1. The summed E-state index contributed by atoms with van der Waals surface area (Å²) in [6, 6.07) is 10.2. The molecule has 1 aromatic rings. The molecule has 0 radical (unpaired) electrons. The summed E-state index contributed by atoms with van der Waals surface area (Å²) in [5.74, 6) is -1.84. The van der Waals surface area contributed by atoms with Gasteiger partial charge in [-0.15, -0.1) is 0 Å². The quantitative estimate of drug-likeness (QED) is 0.780. The first-order valence-corrected chi connectivity index (χ1v) is 8.88. The lowest BCUT2D eigenvalue weighted by Gasteiger charge is -2.23. The zero-order chi connectivity index (χ0) is 17.4. The summed E-state index contributed by atoms with van der Waals surface area (Å²) in [5.41, 5.74) is 2.38. The van der Waals surface area contributed by atoms with Crippen LogP contribution in [0, 0.1) is 24.2 Å². The van der Waals surface area contributed by atoms with Gasteiger partial charge in [-0.3, -0.25) is 9.59 Å². The molecule has 1 aliphatic rings. The third kappa shape index (κ3) is 5.49. The van der Waals surface area contributed by atoms with Gasteiger partial charge in [0, 0.05) is 12.5 Å². The molecule has 0 aliphatic heterocycles. The van der Waals surface area contributed by atoms with E-state index in [-0.39, 0.29) is 18.2 Å². The Balaban J connectivity index is 1.78. The van der Waals surface area contributed by atoms with Crippen LogP contribution in [0.25, 0.3) is 0 Å². The summed E-state index contributed by atoms with van der Waals surface area (Å²) < 4.78 is 0. The molecule has 0 spiro atoms. The van der Waals surface area contributed by atoms with E-state index in [1.54, 1.807) is 0 Å². The molecule has 1 aromatic carbocycles. The number of ketones is 1. The Bertz CT molecular complexity index is 595. The number of amides is 1. The highest BCUT2D eigenvalue weighted by Gasteiger charge is 2.28. The third-order valence-electron chi connectivity index (χ3n) is 4.67. The Labute approximate surface area is 144 Å². The fourth-order valence-corrected chi connectivity index (χ4v) is 3.17. The fraction of sp³-hybridized carbons (Fsp3) is 0.550. The number of carbonyl (C=O) groups excluding carboxylic acids is 2. The van der Waals surface area contributed by atoms with Crippen LogP contribution in [0.5, 0.6) is 0 Å². The van der Waals surface area contributed by atoms with E-state index in [0.29, 0.717) is 6.42 Å². The van der Waals surface area contributed by atoms with Crippen LogP contribution in [0.3, 0.4) is 0 Å². The van der Waals surface area contributed by atoms with Crippen molar-refractivity contribution in [3.05, 3.63) is 35.4 Å². The first-order chi connectivity index (χ1) is 11.6. The summed E-state index contributed by atoms with van der Waals surface area (Å²) >= 11 is 0. The van der Waals surface area contributed by atoms with E-state index in [0.717, 1.165) is 32.1 Å². The smallest absolute Gasteiger partial charge is 0.245 e. The molecule has 1 saturated carbocycles. The predicted octanol–water partition coefficient (Wildman–Crippen LogP) is 3.48. The second-order valence-electron chi connectivity index (χ2n) is 6.71. The number of benzene rings is 1. The van der Waals surface area contributed by atoms with Crippen molar-refractivity contribution in [2.24, 2.45) is 5.92 Å². The number of nitrogens with zero attached hydrogens (tertiary/aromatic N) is 1.